The summed E-state index contributed by atoms with van der Waals surface area (Å²) in [6.07, 6.45) is 1.35. The molecular formula is C16H17NO2S. The van der Waals surface area contributed by atoms with Crippen molar-refractivity contribution in [3.05, 3.63) is 58.3 Å². The van der Waals surface area contributed by atoms with E-state index in [1.807, 2.05) is 29.6 Å². The van der Waals surface area contributed by atoms with E-state index in [1.54, 1.807) is 23.5 Å². The lowest BCUT2D eigenvalue weighted by molar-refractivity contribution is -0.121. The second kappa shape index (κ2) is 7.60. The molecule has 0 unspecified atom stereocenters. The number of hydrogen-bond acceptors (Lipinski definition) is 3. The number of benzene rings is 1. The zero-order chi connectivity index (χ0) is 14.2. The molecule has 0 atom stereocenters. The molecular weight excluding hydrogens is 270 g/mol. The summed E-state index contributed by atoms with van der Waals surface area (Å²) in [6, 6.07) is 13.1. The molecule has 0 fully saturated rings. The van der Waals surface area contributed by atoms with Gasteiger partial charge < -0.3 is 5.32 Å². The van der Waals surface area contributed by atoms with Crippen LogP contribution in [0, 0.1) is 0 Å². The van der Waals surface area contributed by atoms with Crippen LogP contribution in [0.4, 0.5) is 0 Å². The van der Waals surface area contributed by atoms with Gasteiger partial charge >= 0.3 is 0 Å². The zero-order valence-electron chi connectivity index (χ0n) is 11.2. The Morgan fingerprint density at radius 2 is 1.80 bits per heavy atom. The highest BCUT2D eigenvalue weighted by Gasteiger charge is 2.08. The van der Waals surface area contributed by atoms with E-state index in [0.717, 1.165) is 6.42 Å². The van der Waals surface area contributed by atoms with Crippen LogP contribution in [-0.2, 0) is 11.2 Å². The van der Waals surface area contributed by atoms with E-state index in [-0.39, 0.29) is 24.5 Å². The molecule has 2 rings (SSSR count). The van der Waals surface area contributed by atoms with Crippen molar-refractivity contribution in [2.45, 2.75) is 19.3 Å². The third-order valence-corrected chi connectivity index (χ3v) is 3.88. The van der Waals surface area contributed by atoms with Gasteiger partial charge in [-0.15, -0.1) is 11.3 Å². The molecule has 1 heterocycles. The highest BCUT2D eigenvalue weighted by atomic mass is 32.1. The molecule has 1 amide bonds. The van der Waals surface area contributed by atoms with Crippen LogP contribution in [0.5, 0.6) is 0 Å². The maximum atomic E-state index is 11.8. The molecule has 104 valence electrons. The fourth-order valence-corrected chi connectivity index (χ4v) is 2.57. The first-order chi connectivity index (χ1) is 9.75. The normalized spacial score (nSPS) is 10.2. The first kappa shape index (κ1) is 14.5. The van der Waals surface area contributed by atoms with Gasteiger partial charge in [0.2, 0.25) is 5.91 Å². The maximum absolute atomic E-state index is 11.8. The van der Waals surface area contributed by atoms with Crippen molar-refractivity contribution in [3.63, 3.8) is 0 Å². The molecule has 2 aromatic rings. The number of ketones is 1. The molecule has 0 aliphatic heterocycles. The summed E-state index contributed by atoms with van der Waals surface area (Å²) in [4.78, 5) is 24.7. The summed E-state index contributed by atoms with van der Waals surface area (Å²) in [5.41, 5.74) is 0.666. The van der Waals surface area contributed by atoms with Crippen LogP contribution in [0.25, 0.3) is 0 Å². The number of amides is 1. The number of Topliss-reactive ketones (excluding diaryl/α,β-unsaturated/α-hetero) is 1. The lowest BCUT2D eigenvalue weighted by Crippen LogP contribution is -2.25. The van der Waals surface area contributed by atoms with E-state index in [4.69, 9.17) is 0 Å². The monoisotopic (exact) mass is 287 g/mol. The predicted octanol–water partition coefficient (Wildman–Crippen LogP) is 3.07. The van der Waals surface area contributed by atoms with Gasteiger partial charge in [0, 0.05) is 29.8 Å². The van der Waals surface area contributed by atoms with Crippen molar-refractivity contribution in [1.29, 1.82) is 0 Å². The minimum absolute atomic E-state index is 0.0130. The Morgan fingerprint density at radius 1 is 1.00 bits per heavy atom. The topological polar surface area (TPSA) is 46.2 Å². The number of thiophene rings is 1. The van der Waals surface area contributed by atoms with Gasteiger partial charge in [-0.1, -0.05) is 36.4 Å². The second-order valence-electron chi connectivity index (χ2n) is 4.47. The third kappa shape index (κ3) is 4.63. The van der Waals surface area contributed by atoms with Gasteiger partial charge in [-0.05, 0) is 17.9 Å². The Labute approximate surface area is 122 Å². The Bertz CT molecular complexity index is 549. The van der Waals surface area contributed by atoms with Crippen molar-refractivity contribution in [2.24, 2.45) is 0 Å². The van der Waals surface area contributed by atoms with E-state index in [2.05, 4.69) is 11.4 Å². The summed E-state index contributed by atoms with van der Waals surface area (Å²) in [7, 11) is 0. The van der Waals surface area contributed by atoms with Gasteiger partial charge in [0.25, 0.3) is 0 Å². The number of hydrogen-bond donors (Lipinski definition) is 1. The molecule has 1 N–H and O–H groups in total. The summed E-state index contributed by atoms with van der Waals surface area (Å²) in [5.74, 6) is -0.0511. The molecule has 0 aliphatic rings. The van der Waals surface area contributed by atoms with E-state index in [0.29, 0.717) is 12.1 Å². The van der Waals surface area contributed by atoms with E-state index >= 15 is 0 Å². The Kier molecular flexibility index (Phi) is 5.50. The summed E-state index contributed by atoms with van der Waals surface area (Å²) >= 11 is 1.68. The smallest absolute Gasteiger partial charge is 0.220 e. The minimum Gasteiger partial charge on any atom is -0.356 e. The maximum Gasteiger partial charge on any atom is 0.220 e. The fourth-order valence-electron chi connectivity index (χ4n) is 1.86. The molecule has 0 bridgehead atoms. The van der Waals surface area contributed by atoms with Gasteiger partial charge in [-0.25, -0.2) is 0 Å². The zero-order valence-corrected chi connectivity index (χ0v) is 12.0. The standard InChI is InChI=1S/C16H17NO2S/c18-15(13-5-2-1-3-6-13)8-9-16(19)17-11-10-14-7-4-12-20-14/h1-7,12H,8-11H2,(H,17,19). The molecule has 1 aromatic heterocycles. The molecule has 20 heavy (non-hydrogen) atoms. The third-order valence-electron chi connectivity index (χ3n) is 2.95. The van der Waals surface area contributed by atoms with Crippen molar-refractivity contribution >= 4 is 23.0 Å². The van der Waals surface area contributed by atoms with Gasteiger partial charge in [-0.3, -0.25) is 9.59 Å². The van der Waals surface area contributed by atoms with Crippen molar-refractivity contribution in [3.8, 4) is 0 Å². The first-order valence-electron chi connectivity index (χ1n) is 6.63. The fraction of sp³-hybridized carbons (Fsp3) is 0.250. The quantitative estimate of drug-likeness (QED) is 0.795. The van der Waals surface area contributed by atoms with Gasteiger partial charge in [0.15, 0.2) is 5.78 Å². The average molecular weight is 287 g/mol. The van der Waals surface area contributed by atoms with Crippen LogP contribution in [0.15, 0.2) is 47.8 Å². The van der Waals surface area contributed by atoms with Crippen LogP contribution >= 0.6 is 11.3 Å². The SMILES string of the molecule is O=C(CCC(=O)c1ccccc1)NCCc1cccs1. The van der Waals surface area contributed by atoms with Crippen LogP contribution in [0.2, 0.25) is 0 Å². The van der Waals surface area contributed by atoms with Crippen molar-refractivity contribution < 1.29 is 9.59 Å². The van der Waals surface area contributed by atoms with Gasteiger partial charge in [-0.2, -0.15) is 0 Å². The van der Waals surface area contributed by atoms with Crippen molar-refractivity contribution in [1.82, 2.24) is 5.32 Å². The van der Waals surface area contributed by atoms with E-state index in [9.17, 15) is 9.59 Å². The Hall–Kier alpha value is -1.94. The molecule has 0 spiro atoms. The summed E-state index contributed by atoms with van der Waals surface area (Å²) in [5, 5.41) is 4.87. The van der Waals surface area contributed by atoms with Gasteiger partial charge in [0.05, 0.1) is 0 Å². The molecule has 3 nitrogen and oxygen atoms in total. The highest BCUT2D eigenvalue weighted by molar-refractivity contribution is 7.09. The highest BCUT2D eigenvalue weighted by Crippen LogP contribution is 2.08. The lowest BCUT2D eigenvalue weighted by Gasteiger charge is -2.04. The largest absolute Gasteiger partial charge is 0.356 e. The molecule has 0 saturated heterocycles. The van der Waals surface area contributed by atoms with Crippen LogP contribution < -0.4 is 5.32 Å². The number of rotatable bonds is 7. The molecule has 0 saturated carbocycles. The van der Waals surface area contributed by atoms with Crippen molar-refractivity contribution in [2.75, 3.05) is 6.54 Å². The average Bonchev–Trinajstić information content (AvgIpc) is 2.99. The Balaban J connectivity index is 1.66. The lowest BCUT2D eigenvalue weighted by atomic mass is 10.1. The number of carbonyl (C=O) groups is 2. The first-order valence-corrected chi connectivity index (χ1v) is 7.51. The van der Waals surface area contributed by atoms with Gasteiger partial charge in [0.1, 0.15) is 0 Å². The van der Waals surface area contributed by atoms with Crippen LogP contribution in [0.1, 0.15) is 28.1 Å². The number of carbonyl (C=O) groups excluding carboxylic acids is 2. The molecule has 0 radical (unpaired) electrons. The molecule has 1 aromatic carbocycles. The summed E-state index contributed by atoms with van der Waals surface area (Å²) in [6.45, 7) is 0.624. The summed E-state index contributed by atoms with van der Waals surface area (Å²) < 4.78 is 0. The van der Waals surface area contributed by atoms with E-state index < -0.39 is 0 Å². The minimum atomic E-state index is -0.0640. The second-order valence-corrected chi connectivity index (χ2v) is 5.50. The van der Waals surface area contributed by atoms with Crippen LogP contribution in [0.3, 0.4) is 0 Å². The predicted molar refractivity (Wildman–Crippen MR) is 81.0 cm³/mol. The van der Waals surface area contributed by atoms with E-state index in [1.165, 1.54) is 4.88 Å². The van der Waals surface area contributed by atoms with Crippen LogP contribution in [-0.4, -0.2) is 18.2 Å². The molecule has 0 aliphatic carbocycles. The Morgan fingerprint density at radius 3 is 2.50 bits per heavy atom. The molecule has 4 heteroatoms. The number of nitrogens with one attached hydrogen (secondary N) is 1.